The van der Waals surface area contributed by atoms with E-state index in [2.05, 4.69) is 24.2 Å². The molecular weight excluding hydrogens is 188 g/mol. The van der Waals surface area contributed by atoms with Crippen molar-refractivity contribution in [2.24, 2.45) is 5.92 Å². The van der Waals surface area contributed by atoms with Crippen LogP contribution in [0.4, 0.5) is 0 Å². The zero-order chi connectivity index (χ0) is 9.84. The number of likely N-dealkylation sites (tertiary alicyclic amines) is 1. The Hall–Kier alpha value is -0.280. The Bertz CT molecular complexity index is 186. The van der Waals surface area contributed by atoms with Crippen LogP contribution in [0.2, 0.25) is 0 Å². The van der Waals surface area contributed by atoms with E-state index >= 15 is 0 Å². The first-order chi connectivity index (χ1) is 6.13. The van der Waals surface area contributed by atoms with Crippen LogP contribution in [-0.2, 0) is 4.79 Å². The predicted octanol–water partition coefficient (Wildman–Crippen LogP) is 0.682. The number of carbonyl (C=O) groups excluding carboxylic acids is 1. The number of carbonyl (C=O) groups is 1. The minimum absolute atomic E-state index is 0.0527. The quantitative estimate of drug-likeness (QED) is 0.672. The molecule has 0 aromatic rings. The van der Waals surface area contributed by atoms with Gasteiger partial charge in [-0.15, -0.1) is 11.6 Å². The summed E-state index contributed by atoms with van der Waals surface area (Å²) >= 11 is 5.43. The summed E-state index contributed by atoms with van der Waals surface area (Å²) in [4.78, 5) is 13.3. The van der Waals surface area contributed by atoms with Crippen molar-refractivity contribution in [2.75, 3.05) is 26.0 Å². The summed E-state index contributed by atoms with van der Waals surface area (Å²) in [5.74, 6) is 0.535. The van der Waals surface area contributed by atoms with E-state index in [1.165, 1.54) is 0 Å². The Morgan fingerprint density at radius 2 is 2.38 bits per heavy atom. The lowest BCUT2D eigenvalue weighted by Crippen LogP contribution is -2.49. The van der Waals surface area contributed by atoms with Crippen LogP contribution in [0, 0.1) is 5.92 Å². The van der Waals surface area contributed by atoms with Gasteiger partial charge in [0.15, 0.2) is 0 Å². The Kier molecular flexibility index (Phi) is 4.00. The van der Waals surface area contributed by atoms with Crippen molar-refractivity contribution < 1.29 is 4.79 Å². The van der Waals surface area contributed by atoms with Crippen molar-refractivity contribution in [2.45, 2.75) is 19.4 Å². The summed E-state index contributed by atoms with van der Waals surface area (Å²) in [7, 11) is 2.11. The molecule has 2 unspecified atom stereocenters. The zero-order valence-electron chi connectivity index (χ0n) is 8.22. The Morgan fingerprint density at radius 3 is 2.92 bits per heavy atom. The molecule has 4 heteroatoms. The first-order valence-electron chi connectivity index (χ1n) is 4.67. The number of alkyl halides is 1. The van der Waals surface area contributed by atoms with Crippen LogP contribution in [0.25, 0.3) is 0 Å². The van der Waals surface area contributed by atoms with Crippen molar-refractivity contribution in [1.82, 2.24) is 10.2 Å². The summed E-state index contributed by atoms with van der Waals surface area (Å²) in [6.07, 6.45) is 1.03. The van der Waals surface area contributed by atoms with Crippen LogP contribution in [0.1, 0.15) is 13.3 Å². The molecule has 0 aromatic heterocycles. The van der Waals surface area contributed by atoms with Gasteiger partial charge in [-0.25, -0.2) is 0 Å². The second-order valence-electron chi connectivity index (χ2n) is 3.84. The van der Waals surface area contributed by atoms with Gasteiger partial charge < -0.3 is 10.2 Å². The fourth-order valence-electron chi connectivity index (χ4n) is 1.81. The van der Waals surface area contributed by atoms with Crippen LogP contribution in [0.5, 0.6) is 0 Å². The van der Waals surface area contributed by atoms with E-state index in [1.54, 1.807) is 0 Å². The molecule has 0 radical (unpaired) electrons. The third-order valence-corrected chi connectivity index (χ3v) is 2.82. The average molecular weight is 205 g/mol. The van der Waals surface area contributed by atoms with Crippen molar-refractivity contribution in [3.63, 3.8) is 0 Å². The average Bonchev–Trinajstić information content (AvgIpc) is 2.09. The van der Waals surface area contributed by atoms with Crippen LogP contribution >= 0.6 is 11.6 Å². The van der Waals surface area contributed by atoms with Gasteiger partial charge >= 0.3 is 0 Å². The van der Waals surface area contributed by atoms with Crippen molar-refractivity contribution in [3.05, 3.63) is 0 Å². The summed E-state index contributed by atoms with van der Waals surface area (Å²) in [5.41, 5.74) is 0. The highest BCUT2D eigenvalue weighted by Gasteiger charge is 2.24. The van der Waals surface area contributed by atoms with Crippen LogP contribution in [-0.4, -0.2) is 42.9 Å². The number of halogens is 1. The molecule has 2 atom stereocenters. The normalized spacial score (nSPS) is 30.1. The standard InChI is InChI=1S/C9H17ClN2O/c1-7-6-12(2)4-3-8(7)11-9(13)5-10/h7-8H,3-6H2,1-2H3,(H,11,13). The third-order valence-electron chi connectivity index (χ3n) is 2.58. The maximum Gasteiger partial charge on any atom is 0.235 e. The Labute approximate surface area is 84.4 Å². The van der Waals surface area contributed by atoms with E-state index < -0.39 is 0 Å². The number of hydrogen-bond acceptors (Lipinski definition) is 2. The lowest BCUT2D eigenvalue weighted by Gasteiger charge is -2.35. The molecule has 0 aliphatic carbocycles. The van der Waals surface area contributed by atoms with E-state index in [9.17, 15) is 4.79 Å². The molecule has 1 amide bonds. The van der Waals surface area contributed by atoms with Crippen molar-refractivity contribution in [3.8, 4) is 0 Å². The molecule has 76 valence electrons. The molecular formula is C9H17ClN2O. The first-order valence-corrected chi connectivity index (χ1v) is 5.20. The van der Waals surface area contributed by atoms with Crippen LogP contribution in [0.15, 0.2) is 0 Å². The molecule has 0 aromatic carbocycles. The Balaban J connectivity index is 2.38. The monoisotopic (exact) mass is 204 g/mol. The summed E-state index contributed by atoms with van der Waals surface area (Å²) < 4.78 is 0. The zero-order valence-corrected chi connectivity index (χ0v) is 8.97. The highest BCUT2D eigenvalue weighted by molar-refractivity contribution is 6.27. The van der Waals surface area contributed by atoms with Gasteiger partial charge in [-0.05, 0) is 25.9 Å². The van der Waals surface area contributed by atoms with E-state index in [4.69, 9.17) is 11.6 Å². The van der Waals surface area contributed by atoms with Gasteiger partial charge in [0.05, 0.1) is 0 Å². The fourth-order valence-corrected chi connectivity index (χ4v) is 1.89. The van der Waals surface area contributed by atoms with Gasteiger partial charge in [-0.2, -0.15) is 0 Å². The first kappa shape index (κ1) is 10.8. The van der Waals surface area contributed by atoms with Crippen molar-refractivity contribution >= 4 is 17.5 Å². The van der Waals surface area contributed by atoms with E-state index in [1.807, 2.05) is 0 Å². The van der Waals surface area contributed by atoms with Gasteiger partial charge in [0, 0.05) is 12.6 Å². The number of nitrogens with zero attached hydrogens (tertiary/aromatic N) is 1. The fraction of sp³-hybridized carbons (Fsp3) is 0.889. The largest absolute Gasteiger partial charge is 0.352 e. The molecule has 1 heterocycles. The maximum absolute atomic E-state index is 11.1. The molecule has 0 saturated carbocycles. The molecule has 1 N–H and O–H groups in total. The Morgan fingerprint density at radius 1 is 1.69 bits per heavy atom. The van der Waals surface area contributed by atoms with E-state index in [0.717, 1.165) is 19.5 Å². The van der Waals surface area contributed by atoms with Gasteiger partial charge in [0.2, 0.25) is 5.91 Å². The summed E-state index contributed by atoms with van der Waals surface area (Å²) in [5, 5.41) is 2.94. The SMILES string of the molecule is CC1CN(C)CCC1NC(=O)CCl. The summed E-state index contributed by atoms with van der Waals surface area (Å²) in [6, 6.07) is 0.308. The minimum atomic E-state index is -0.0527. The molecule has 1 saturated heterocycles. The number of piperidine rings is 1. The van der Waals surface area contributed by atoms with Crippen LogP contribution in [0.3, 0.4) is 0 Å². The molecule has 0 spiro atoms. The maximum atomic E-state index is 11.1. The molecule has 1 fully saturated rings. The van der Waals surface area contributed by atoms with Gasteiger partial charge in [0.25, 0.3) is 0 Å². The van der Waals surface area contributed by atoms with E-state index in [0.29, 0.717) is 12.0 Å². The van der Waals surface area contributed by atoms with Crippen LogP contribution < -0.4 is 5.32 Å². The molecule has 13 heavy (non-hydrogen) atoms. The topological polar surface area (TPSA) is 32.3 Å². The van der Waals surface area contributed by atoms with Gasteiger partial charge in [-0.3, -0.25) is 4.79 Å². The highest BCUT2D eigenvalue weighted by atomic mass is 35.5. The number of hydrogen-bond donors (Lipinski definition) is 1. The molecule has 0 bridgehead atoms. The second-order valence-corrected chi connectivity index (χ2v) is 4.10. The lowest BCUT2D eigenvalue weighted by atomic mass is 9.94. The molecule has 1 aliphatic heterocycles. The van der Waals surface area contributed by atoms with Crippen molar-refractivity contribution in [1.29, 1.82) is 0 Å². The smallest absolute Gasteiger partial charge is 0.235 e. The third kappa shape index (κ3) is 3.16. The predicted molar refractivity (Wildman–Crippen MR) is 53.9 cm³/mol. The molecule has 3 nitrogen and oxygen atoms in total. The lowest BCUT2D eigenvalue weighted by molar-refractivity contribution is -0.120. The number of amides is 1. The van der Waals surface area contributed by atoms with E-state index in [-0.39, 0.29) is 11.8 Å². The molecule has 1 rings (SSSR count). The highest BCUT2D eigenvalue weighted by Crippen LogP contribution is 2.15. The second kappa shape index (κ2) is 4.82. The summed E-state index contributed by atoms with van der Waals surface area (Å²) in [6.45, 7) is 4.26. The minimum Gasteiger partial charge on any atom is -0.352 e. The number of nitrogens with one attached hydrogen (secondary N) is 1. The van der Waals surface area contributed by atoms with Gasteiger partial charge in [-0.1, -0.05) is 6.92 Å². The number of rotatable bonds is 2. The van der Waals surface area contributed by atoms with Gasteiger partial charge in [0.1, 0.15) is 5.88 Å². The molecule has 1 aliphatic rings.